The van der Waals surface area contributed by atoms with E-state index in [-0.39, 0.29) is 5.91 Å². The molecular formula is C21H19NO3S. The average Bonchev–Trinajstić information content (AvgIpc) is 3.18. The van der Waals surface area contributed by atoms with Crippen LogP contribution in [0.3, 0.4) is 0 Å². The Kier molecular flexibility index (Phi) is 5.49. The van der Waals surface area contributed by atoms with E-state index in [0.717, 1.165) is 11.1 Å². The molecule has 132 valence electrons. The molecule has 0 saturated carbocycles. The third kappa shape index (κ3) is 4.18. The van der Waals surface area contributed by atoms with Crippen LogP contribution in [0.1, 0.15) is 32.5 Å². The second kappa shape index (κ2) is 7.97. The van der Waals surface area contributed by atoms with Crippen molar-refractivity contribution in [2.75, 3.05) is 5.32 Å². The van der Waals surface area contributed by atoms with Gasteiger partial charge in [0.05, 0.1) is 0 Å². The summed E-state index contributed by atoms with van der Waals surface area (Å²) in [5, 5.41) is 4.68. The first-order valence-corrected chi connectivity index (χ1v) is 9.10. The third-order valence-electron chi connectivity index (χ3n) is 3.94. The summed E-state index contributed by atoms with van der Waals surface area (Å²) < 4.78 is 5.54. The average molecular weight is 365 g/mol. The Morgan fingerprint density at radius 2 is 1.77 bits per heavy atom. The maximum atomic E-state index is 12.9. The van der Waals surface area contributed by atoms with E-state index in [1.54, 1.807) is 29.6 Å². The summed E-state index contributed by atoms with van der Waals surface area (Å²) >= 11 is 1.28. The van der Waals surface area contributed by atoms with Crippen LogP contribution in [0, 0.1) is 13.8 Å². The van der Waals surface area contributed by atoms with Gasteiger partial charge in [0, 0.05) is 11.3 Å². The Labute approximate surface area is 156 Å². The van der Waals surface area contributed by atoms with Crippen molar-refractivity contribution < 1.29 is 14.3 Å². The molecule has 0 bridgehead atoms. The Hall–Kier alpha value is -2.92. The monoisotopic (exact) mass is 365 g/mol. The molecule has 0 spiro atoms. The topological polar surface area (TPSA) is 55.4 Å². The first-order valence-electron chi connectivity index (χ1n) is 8.22. The molecule has 2 aromatic carbocycles. The number of benzene rings is 2. The molecule has 0 saturated heterocycles. The summed E-state index contributed by atoms with van der Waals surface area (Å²) in [5.74, 6) is -0.889. The highest BCUT2D eigenvalue weighted by Gasteiger charge is 2.26. The number of nitrogens with one attached hydrogen (secondary N) is 1. The molecule has 0 aliphatic carbocycles. The van der Waals surface area contributed by atoms with Crippen LogP contribution in [0.15, 0.2) is 66.0 Å². The normalized spacial score (nSPS) is 11.6. The Morgan fingerprint density at radius 3 is 2.46 bits per heavy atom. The van der Waals surface area contributed by atoms with E-state index in [9.17, 15) is 9.59 Å². The molecule has 1 heterocycles. The smallest absolute Gasteiger partial charge is 0.349 e. The van der Waals surface area contributed by atoms with Crippen molar-refractivity contribution in [3.63, 3.8) is 0 Å². The predicted molar refractivity (Wildman–Crippen MR) is 103 cm³/mol. The molecule has 1 N–H and O–H groups in total. The summed E-state index contributed by atoms with van der Waals surface area (Å²) in [7, 11) is 0. The lowest BCUT2D eigenvalue weighted by Crippen LogP contribution is -2.26. The molecular weight excluding hydrogens is 346 g/mol. The molecule has 0 radical (unpaired) electrons. The second-order valence-corrected chi connectivity index (χ2v) is 6.93. The number of hydrogen-bond donors (Lipinski definition) is 1. The van der Waals surface area contributed by atoms with Crippen molar-refractivity contribution in [2.24, 2.45) is 0 Å². The number of carbonyl (C=O) groups is 2. The van der Waals surface area contributed by atoms with Crippen LogP contribution in [0.5, 0.6) is 0 Å². The van der Waals surface area contributed by atoms with Crippen LogP contribution in [-0.4, -0.2) is 11.9 Å². The number of anilines is 1. The summed E-state index contributed by atoms with van der Waals surface area (Å²) in [4.78, 5) is 25.7. The predicted octanol–water partition coefficient (Wildman–Crippen LogP) is 4.90. The fourth-order valence-corrected chi connectivity index (χ4v) is 3.13. The van der Waals surface area contributed by atoms with Crippen molar-refractivity contribution in [3.05, 3.63) is 87.6 Å². The molecule has 1 unspecified atom stereocenters. The quantitative estimate of drug-likeness (QED) is 0.654. The van der Waals surface area contributed by atoms with Gasteiger partial charge in [0.25, 0.3) is 5.91 Å². The summed E-state index contributed by atoms with van der Waals surface area (Å²) in [6.07, 6.45) is -1.02. The van der Waals surface area contributed by atoms with Crippen LogP contribution in [0.25, 0.3) is 0 Å². The summed E-state index contributed by atoms with van der Waals surface area (Å²) in [5.41, 5.74) is 3.32. The van der Waals surface area contributed by atoms with Gasteiger partial charge in [0.15, 0.2) is 0 Å². The lowest BCUT2D eigenvalue weighted by atomic mass is 10.1. The molecule has 0 fully saturated rings. The van der Waals surface area contributed by atoms with Gasteiger partial charge >= 0.3 is 5.97 Å². The van der Waals surface area contributed by atoms with Gasteiger partial charge in [-0.05, 0) is 42.5 Å². The van der Waals surface area contributed by atoms with Gasteiger partial charge in [-0.25, -0.2) is 4.79 Å². The number of thiophene rings is 1. The SMILES string of the molecule is Cc1ccc(C)c(NC(=O)C(OC(=O)c2cccs2)c2ccccc2)c1. The van der Waals surface area contributed by atoms with Gasteiger partial charge in [-0.2, -0.15) is 0 Å². The summed E-state index contributed by atoms with van der Waals surface area (Å²) in [6, 6.07) is 18.3. The highest BCUT2D eigenvalue weighted by Crippen LogP contribution is 2.24. The first kappa shape index (κ1) is 17.9. The van der Waals surface area contributed by atoms with Crippen molar-refractivity contribution in [3.8, 4) is 0 Å². The maximum Gasteiger partial charge on any atom is 0.349 e. The minimum absolute atomic E-state index is 0.380. The highest BCUT2D eigenvalue weighted by atomic mass is 32.1. The van der Waals surface area contributed by atoms with E-state index in [0.29, 0.717) is 16.1 Å². The first-order chi connectivity index (χ1) is 12.5. The Bertz CT molecular complexity index is 904. The number of esters is 1. The molecule has 1 aromatic heterocycles. The molecule has 5 heteroatoms. The van der Waals surface area contributed by atoms with Crippen molar-refractivity contribution >= 4 is 28.9 Å². The largest absolute Gasteiger partial charge is 0.443 e. The molecule has 4 nitrogen and oxygen atoms in total. The van der Waals surface area contributed by atoms with Gasteiger partial charge in [-0.3, -0.25) is 4.79 Å². The zero-order valence-electron chi connectivity index (χ0n) is 14.6. The van der Waals surface area contributed by atoms with E-state index >= 15 is 0 Å². The van der Waals surface area contributed by atoms with E-state index in [2.05, 4.69) is 5.32 Å². The van der Waals surface area contributed by atoms with Crippen LogP contribution in [0.4, 0.5) is 5.69 Å². The fraction of sp³-hybridized carbons (Fsp3) is 0.143. The number of amides is 1. The second-order valence-electron chi connectivity index (χ2n) is 5.98. The molecule has 0 aliphatic heterocycles. The Balaban J connectivity index is 1.86. The highest BCUT2D eigenvalue weighted by molar-refractivity contribution is 7.11. The zero-order valence-corrected chi connectivity index (χ0v) is 15.4. The van der Waals surface area contributed by atoms with Gasteiger partial charge in [-0.1, -0.05) is 48.5 Å². The lowest BCUT2D eigenvalue weighted by Gasteiger charge is -2.18. The van der Waals surface area contributed by atoms with Crippen LogP contribution in [-0.2, 0) is 9.53 Å². The number of ether oxygens (including phenoxy) is 1. The maximum absolute atomic E-state index is 12.9. The van der Waals surface area contributed by atoms with Gasteiger partial charge in [-0.15, -0.1) is 11.3 Å². The molecule has 1 amide bonds. The van der Waals surface area contributed by atoms with Gasteiger partial charge < -0.3 is 10.1 Å². The number of carbonyl (C=O) groups excluding carboxylic acids is 2. The number of rotatable bonds is 5. The van der Waals surface area contributed by atoms with E-state index in [1.807, 2.05) is 50.2 Å². The minimum atomic E-state index is -1.02. The molecule has 26 heavy (non-hydrogen) atoms. The zero-order chi connectivity index (χ0) is 18.5. The van der Waals surface area contributed by atoms with Crippen molar-refractivity contribution in [1.29, 1.82) is 0 Å². The third-order valence-corrected chi connectivity index (χ3v) is 4.79. The lowest BCUT2D eigenvalue weighted by molar-refractivity contribution is -0.125. The van der Waals surface area contributed by atoms with Gasteiger partial charge in [0.1, 0.15) is 4.88 Å². The van der Waals surface area contributed by atoms with E-state index in [4.69, 9.17) is 4.74 Å². The molecule has 1 atom stereocenters. The Morgan fingerprint density at radius 1 is 1.00 bits per heavy atom. The van der Waals surface area contributed by atoms with E-state index in [1.165, 1.54) is 11.3 Å². The van der Waals surface area contributed by atoms with E-state index < -0.39 is 12.1 Å². The number of hydrogen-bond acceptors (Lipinski definition) is 4. The minimum Gasteiger partial charge on any atom is -0.443 e. The molecule has 3 rings (SSSR count). The van der Waals surface area contributed by atoms with Crippen LogP contribution >= 0.6 is 11.3 Å². The fourth-order valence-electron chi connectivity index (χ4n) is 2.53. The standard InChI is InChI=1S/C21H19NO3S/c1-14-10-11-15(2)17(13-14)22-20(23)19(16-7-4-3-5-8-16)25-21(24)18-9-6-12-26-18/h3-13,19H,1-2H3,(H,22,23). The van der Waals surface area contributed by atoms with Crippen LogP contribution < -0.4 is 5.32 Å². The summed E-state index contributed by atoms with van der Waals surface area (Å²) in [6.45, 7) is 3.88. The van der Waals surface area contributed by atoms with Gasteiger partial charge in [0.2, 0.25) is 6.10 Å². The van der Waals surface area contributed by atoms with Crippen molar-refractivity contribution in [2.45, 2.75) is 20.0 Å². The van der Waals surface area contributed by atoms with Crippen LogP contribution in [0.2, 0.25) is 0 Å². The van der Waals surface area contributed by atoms with Crippen molar-refractivity contribution in [1.82, 2.24) is 0 Å². The number of aryl methyl sites for hydroxylation is 2. The molecule has 0 aliphatic rings. The molecule has 3 aromatic rings.